The Labute approximate surface area is 182 Å². The molecule has 0 amide bonds. The minimum Gasteiger partial charge on any atom is -0.481 e. The van der Waals surface area contributed by atoms with E-state index in [1.807, 2.05) is 42.2 Å². The third-order valence-corrected chi connectivity index (χ3v) is 6.79. The van der Waals surface area contributed by atoms with Gasteiger partial charge in [-0.25, -0.2) is 0 Å². The number of fused-ring (bicyclic) bond motifs is 1. The van der Waals surface area contributed by atoms with E-state index in [-0.39, 0.29) is 6.42 Å². The lowest BCUT2D eigenvalue weighted by molar-refractivity contribution is -0.136. The molecule has 0 spiro atoms. The second-order valence-corrected chi connectivity index (χ2v) is 9.11. The number of hydrogen-bond donors (Lipinski definition) is 1. The number of aliphatic carboxylic acids is 1. The van der Waals surface area contributed by atoms with E-state index in [0.717, 1.165) is 37.9 Å². The largest absolute Gasteiger partial charge is 0.481 e. The molecule has 0 aromatic heterocycles. The molecular formula is C25H26N2O2S. The second kappa shape index (κ2) is 8.41. The fourth-order valence-electron chi connectivity index (χ4n) is 3.80. The molecule has 154 valence electrons. The van der Waals surface area contributed by atoms with Crippen molar-refractivity contribution in [1.82, 2.24) is 0 Å². The minimum atomic E-state index is -0.863. The lowest BCUT2D eigenvalue weighted by atomic mass is 9.74. The van der Waals surface area contributed by atoms with Gasteiger partial charge in [0.2, 0.25) is 0 Å². The zero-order chi connectivity index (χ0) is 22.1. The van der Waals surface area contributed by atoms with Crippen molar-refractivity contribution in [3.8, 4) is 6.07 Å². The number of carbonyl (C=O) groups is 1. The van der Waals surface area contributed by atoms with Crippen LogP contribution in [0.4, 0.5) is 5.69 Å². The van der Waals surface area contributed by atoms with Gasteiger partial charge in [0.05, 0.1) is 22.7 Å². The number of hydrogen-bond acceptors (Lipinski definition) is 4. The molecule has 0 saturated carbocycles. The molecule has 1 aliphatic rings. The Morgan fingerprint density at radius 2 is 1.93 bits per heavy atom. The molecule has 2 aromatic carbocycles. The third kappa shape index (κ3) is 4.01. The van der Waals surface area contributed by atoms with E-state index in [4.69, 9.17) is 0 Å². The summed E-state index contributed by atoms with van der Waals surface area (Å²) in [4.78, 5) is 14.2. The molecule has 5 heteroatoms. The molecule has 1 heterocycles. The molecule has 1 N–H and O–H groups in total. The standard InChI is InChI=1S/C25H26N2O2S/c1-16-10-11-22-21(14-16)27(13-12-23(28)29)24(30-22)19(15-26)18(3)25(4,5)20-9-7-6-8-17(20)2/h6-11,14H,3,12-13H2,1-2,4-5H3,(H,28,29)/b24-19-. The molecule has 0 aliphatic carbocycles. The van der Waals surface area contributed by atoms with Crippen molar-refractivity contribution in [2.75, 3.05) is 11.4 Å². The summed E-state index contributed by atoms with van der Waals surface area (Å²) >= 11 is 1.51. The number of anilines is 1. The molecule has 3 rings (SSSR count). The molecular weight excluding hydrogens is 392 g/mol. The topological polar surface area (TPSA) is 64.3 Å². The normalized spacial score (nSPS) is 14.8. The van der Waals surface area contributed by atoms with Gasteiger partial charge in [0.25, 0.3) is 0 Å². The average Bonchev–Trinajstić information content (AvgIpc) is 3.04. The van der Waals surface area contributed by atoms with Crippen molar-refractivity contribution in [1.29, 1.82) is 5.26 Å². The summed E-state index contributed by atoms with van der Waals surface area (Å²) in [5.41, 5.74) is 5.09. The van der Waals surface area contributed by atoms with Gasteiger partial charge in [-0.3, -0.25) is 4.79 Å². The Balaban J connectivity index is 2.11. The Bertz CT molecular complexity index is 1090. The van der Waals surface area contributed by atoms with E-state index in [1.54, 1.807) is 0 Å². The summed E-state index contributed by atoms with van der Waals surface area (Å²) < 4.78 is 0. The maximum Gasteiger partial charge on any atom is 0.305 e. The predicted octanol–water partition coefficient (Wildman–Crippen LogP) is 5.96. The number of aryl methyl sites for hydroxylation is 2. The van der Waals surface area contributed by atoms with Crippen LogP contribution in [-0.4, -0.2) is 17.6 Å². The highest BCUT2D eigenvalue weighted by Gasteiger charge is 2.34. The van der Waals surface area contributed by atoms with E-state index >= 15 is 0 Å². The van der Waals surface area contributed by atoms with Crippen LogP contribution in [0, 0.1) is 25.2 Å². The van der Waals surface area contributed by atoms with Crippen molar-refractivity contribution < 1.29 is 9.90 Å². The van der Waals surface area contributed by atoms with Gasteiger partial charge < -0.3 is 10.0 Å². The molecule has 0 unspecified atom stereocenters. The summed E-state index contributed by atoms with van der Waals surface area (Å²) in [6.45, 7) is 12.9. The van der Waals surface area contributed by atoms with Crippen LogP contribution >= 0.6 is 11.8 Å². The van der Waals surface area contributed by atoms with Crippen LogP contribution in [0.2, 0.25) is 0 Å². The highest BCUT2D eigenvalue weighted by Crippen LogP contribution is 2.50. The first-order valence-electron chi connectivity index (χ1n) is 9.85. The van der Waals surface area contributed by atoms with E-state index in [1.165, 1.54) is 11.8 Å². The van der Waals surface area contributed by atoms with Crippen LogP contribution in [-0.2, 0) is 10.2 Å². The Morgan fingerprint density at radius 1 is 1.23 bits per heavy atom. The number of benzene rings is 2. The van der Waals surface area contributed by atoms with E-state index < -0.39 is 11.4 Å². The quantitative estimate of drug-likeness (QED) is 0.587. The van der Waals surface area contributed by atoms with Gasteiger partial charge in [-0.1, -0.05) is 62.5 Å². The van der Waals surface area contributed by atoms with Crippen molar-refractivity contribution in [2.45, 2.75) is 44.4 Å². The first-order valence-corrected chi connectivity index (χ1v) is 10.7. The molecule has 0 bridgehead atoms. The van der Waals surface area contributed by atoms with Gasteiger partial charge in [0.1, 0.15) is 6.07 Å². The average molecular weight is 419 g/mol. The highest BCUT2D eigenvalue weighted by molar-refractivity contribution is 8.03. The summed E-state index contributed by atoms with van der Waals surface area (Å²) in [5.74, 6) is -0.863. The summed E-state index contributed by atoms with van der Waals surface area (Å²) in [6, 6.07) is 16.6. The minimum absolute atomic E-state index is 0.0101. The molecule has 30 heavy (non-hydrogen) atoms. The second-order valence-electron chi connectivity index (χ2n) is 8.08. The van der Waals surface area contributed by atoms with Gasteiger partial charge in [0, 0.05) is 16.9 Å². The number of nitrogens with zero attached hydrogens (tertiary/aromatic N) is 2. The number of allylic oxidation sites excluding steroid dienone is 2. The fraction of sp³-hybridized carbons (Fsp3) is 0.280. The molecule has 0 radical (unpaired) electrons. The zero-order valence-electron chi connectivity index (χ0n) is 17.8. The fourth-order valence-corrected chi connectivity index (χ4v) is 4.99. The lowest BCUT2D eigenvalue weighted by Gasteiger charge is -2.31. The Hall–Kier alpha value is -2.97. The highest BCUT2D eigenvalue weighted by atomic mass is 32.2. The first kappa shape index (κ1) is 21.7. The van der Waals surface area contributed by atoms with Crippen LogP contribution in [0.25, 0.3) is 0 Å². The number of carboxylic acids is 1. The summed E-state index contributed by atoms with van der Waals surface area (Å²) in [5, 5.41) is 20.1. The molecule has 0 saturated heterocycles. The smallest absolute Gasteiger partial charge is 0.305 e. The molecule has 0 fully saturated rings. The number of nitriles is 1. The van der Waals surface area contributed by atoms with Crippen molar-refractivity contribution >= 4 is 23.4 Å². The summed E-state index contributed by atoms with van der Waals surface area (Å²) in [6.07, 6.45) is -0.0101. The Kier molecular flexibility index (Phi) is 6.09. The van der Waals surface area contributed by atoms with Gasteiger partial charge >= 0.3 is 5.97 Å². The van der Waals surface area contributed by atoms with Crippen LogP contribution in [0.5, 0.6) is 0 Å². The zero-order valence-corrected chi connectivity index (χ0v) is 18.6. The maximum absolute atomic E-state index is 11.3. The van der Waals surface area contributed by atoms with Crippen molar-refractivity contribution in [2.24, 2.45) is 0 Å². The molecule has 0 atom stereocenters. The van der Waals surface area contributed by atoms with Crippen LogP contribution in [0.1, 0.15) is 37.0 Å². The van der Waals surface area contributed by atoms with Gasteiger partial charge in [-0.15, -0.1) is 0 Å². The van der Waals surface area contributed by atoms with Crippen LogP contribution in [0.3, 0.4) is 0 Å². The van der Waals surface area contributed by atoms with Crippen molar-refractivity contribution in [3.63, 3.8) is 0 Å². The maximum atomic E-state index is 11.3. The monoisotopic (exact) mass is 418 g/mol. The number of rotatable bonds is 6. The number of carboxylic acid groups (broad SMARTS) is 1. The SMILES string of the molecule is C=C(/C(C#N)=C1\Sc2ccc(C)cc2N1CCC(=O)O)C(C)(C)c1ccccc1C. The predicted molar refractivity (Wildman–Crippen MR) is 123 cm³/mol. The molecule has 4 nitrogen and oxygen atoms in total. The number of thioether (sulfide) groups is 1. The van der Waals surface area contributed by atoms with Gasteiger partial charge in [-0.2, -0.15) is 5.26 Å². The summed E-state index contributed by atoms with van der Waals surface area (Å²) in [7, 11) is 0. The Morgan fingerprint density at radius 3 is 2.57 bits per heavy atom. The van der Waals surface area contributed by atoms with E-state index in [9.17, 15) is 15.2 Å². The van der Waals surface area contributed by atoms with Crippen molar-refractivity contribution in [3.05, 3.63) is 81.9 Å². The molecule has 1 aliphatic heterocycles. The van der Waals surface area contributed by atoms with Crippen LogP contribution < -0.4 is 4.90 Å². The van der Waals surface area contributed by atoms with E-state index in [0.29, 0.717) is 12.1 Å². The van der Waals surface area contributed by atoms with Gasteiger partial charge in [-0.05, 0) is 48.2 Å². The van der Waals surface area contributed by atoms with E-state index in [2.05, 4.69) is 45.6 Å². The lowest BCUT2D eigenvalue weighted by Crippen LogP contribution is -2.26. The van der Waals surface area contributed by atoms with Gasteiger partial charge in [0.15, 0.2) is 0 Å². The van der Waals surface area contributed by atoms with Crippen LogP contribution in [0.15, 0.2) is 70.1 Å². The third-order valence-electron chi connectivity index (χ3n) is 5.61. The first-order chi connectivity index (χ1) is 14.2. The molecule has 2 aromatic rings.